The van der Waals surface area contributed by atoms with Crippen molar-refractivity contribution in [2.24, 2.45) is 0 Å². The summed E-state index contributed by atoms with van der Waals surface area (Å²) < 4.78 is 5.94. The highest BCUT2D eigenvalue weighted by Crippen LogP contribution is 2.31. The molecule has 3 aromatic rings. The van der Waals surface area contributed by atoms with E-state index in [9.17, 15) is 5.11 Å². The average molecular weight is 279 g/mol. The Morgan fingerprint density at radius 2 is 1.95 bits per heavy atom. The first-order valence-corrected chi connectivity index (χ1v) is 7.07. The van der Waals surface area contributed by atoms with Crippen molar-refractivity contribution in [1.29, 1.82) is 0 Å². The van der Waals surface area contributed by atoms with Crippen molar-refractivity contribution < 1.29 is 9.84 Å². The van der Waals surface area contributed by atoms with Crippen LogP contribution in [0.25, 0.3) is 10.9 Å². The normalized spacial score (nSPS) is 12.3. The van der Waals surface area contributed by atoms with Gasteiger partial charge in [0.2, 0.25) is 0 Å². The van der Waals surface area contributed by atoms with Crippen LogP contribution in [0.5, 0.6) is 11.5 Å². The number of rotatable bonds is 4. The number of para-hydroxylation sites is 1. The van der Waals surface area contributed by atoms with Crippen LogP contribution in [0.3, 0.4) is 0 Å². The van der Waals surface area contributed by atoms with Crippen molar-refractivity contribution in [1.82, 2.24) is 4.98 Å². The van der Waals surface area contributed by atoms with Gasteiger partial charge in [0, 0.05) is 23.2 Å². The number of hydrogen-bond acceptors (Lipinski definition) is 3. The van der Waals surface area contributed by atoms with E-state index in [4.69, 9.17) is 4.74 Å². The molecule has 0 aliphatic heterocycles. The molecule has 0 saturated heterocycles. The lowest BCUT2D eigenvalue weighted by Gasteiger charge is -2.14. The predicted octanol–water partition coefficient (Wildman–Crippen LogP) is 4.47. The Morgan fingerprint density at radius 3 is 2.81 bits per heavy atom. The molecule has 3 nitrogen and oxygen atoms in total. The van der Waals surface area contributed by atoms with Gasteiger partial charge in [-0.05, 0) is 30.7 Å². The zero-order valence-corrected chi connectivity index (χ0v) is 11.9. The molecule has 0 fully saturated rings. The van der Waals surface area contributed by atoms with Gasteiger partial charge in [0.15, 0.2) is 0 Å². The number of aromatic nitrogens is 1. The van der Waals surface area contributed by atoms with E-state index in [0.717, 1.165) is 22.2 Å². The third-order valence-corrected chi connectivity index (χ3v) is 3.47. The van der Waals surface area contributed by atoms with E-state index in [-0.39, 0.29) is 0 Å². The molecule has 3 rings (SSSR count). The summed E-state index contributed by atoms with van der Waals surface area (Å²) in [5, 5.41) is 11.1. The van der Waals surface area contributed by atoms with Crippen molar-refractivity contribution in [2.75, 3.05) is 0 Å². The second kappa shape index (κ2) is 5.94. The summed E-state index contributed by atoms with van der Waals surface area (Å²) in [6.07, 6.45) is 1.90. The molecule has 1 heterocycles. The highest BCUT2D eigenvalue weighted by Gasteiger charge is 2.11. The van der Waals surface area contributed by atoms with Crippen LogP contribution in [0.1, 0.15) is 25.0 Å². The van der Waals surface area contributed by atoms with Gasteiger partial charge in [-0.2, -0.15) is 0 Å². The lowest BCUT2D eigenvalue weighted by atomic mass is 10.1. The van der Waals surface area contributed by atoms with E-state index >= 15 is 0 Å². The summed E-state index contributed by atoms with van der Waals surface area (Å²) in [6.45, 7) is 1.95. The van der Waals surface area contributed by atoms with Gasteiger partial charge in [0.1, 0.15) is 11.5 Å². The Kier molecular flexibility index (Phi) is 3.84. The van der Waals surface area contributed by atoms with Gasteiger partial charge >= 0.3 is 0 Å². The van der Waals surface area contributed by atoms with Crippen LogP contribution >= 0.6 is 0 Å². The maximum atomic E-state index is 10.1. The molecule has 3 heteroatoms. The first kappa shape index (κ1) is 13.6. The van der Waals surface area contributed by atoms with Gasteiger partial charge in [-0.1, -0.05) is 31.2 Å². The number of hydrogen-bond donors (Lipinski definition) is 1. The number of fused-ring (bicyclic) bond motifs is 1. The van der Waals surface area contributed by atoms with Crippen molar-refractivity contribution in [3.05, 3.63) is 66.4 Å². The standard InChI is InChI=1S/C18H17NO2/c1-2-17(20)15-7-3-4-8-18(15)21-14-10-9-13-6-5-11-19-16(13)12-14/h3-12,17,20H,2H2,1H3. The first-order chi connectivity index (χ1) is 10.3. The first-order valence-electron chi connectivity index (χ1n) is 7.07. The van der Waals surface area contributed by atoms with Crippen LogP contribution < -0.4 is 4.74 Å². The fourth-order valence-corrected chi connectivity index (χ4v) is 2.31. The minimum atomic E-state index is -0.514. The molecule has 0 bridgehead atoms. The molecule has 106 valence electrons. The molecular weight excluding hydrogens is 262 g/mol. The van der Waals surface area contributed by atoms with Crippen LogP contribution in [0, 0.1) is 0 Å². The lowest BCUT2D eigenvalue weighted by molar-refractivity contribution is 0.170. The minimum Gasteiger partial charge on any atom is -0.457 e. The summed E-state index contributed by atoms with van der Waals surface area (Å²) in [6, 6.07) is 17.3. The molecule has 0 amide bonds. The van der Waals surface area contributed by atoms with E-state index < -0.39 is 6.10 Å². The molecule has 0 saturated carbocycles. The Bertz CT molecular complexity index is 755. The fraction of sp³-hybridized carbons (Fsp3) is 0.167. The number of ether oxygens (including phenoxy) is 1. The number of pyridine rings is 1. The van der Waals surface area contributed by atoms with Crippen LogP contribution in [0.4, 0.5) is 0 Å². The summed E-state index contributed by atoms with van der Waals surface area (Å²) >= 11 is 0. The van der Waals surface area contributed by atoms with E-state index in [1.807, 2.05) is 61.5 Å². The quantitative estimate of drug-likeness (QED) is 0.766. The Balaban J connectivity index is 1.95. The smallest absolute Gasteiger partial charge is 0.133 e. The minimum absolute atomic E-state index is 0.514. The molecule has 0 spiro atoms. The monoisotopic (exact) mass is 279 g/mol. The second-order valence-corrected chi connectivity index (χ2v) is 4.92. The van der Waals surface area contributed by atoms with Gasteiger partial charge in [0.25, 0.3) is 0 Å². The van der Waals surface area contributed by atoms with Crippen LogP contribution in [-0.4, -0.2) is 10.1 Å². The van der Waals surface area contributed by atoms with Crippen molar-refractivity contribution >= 4 is 10.9 Å². The number of aliphatic hydroxyl groups excluding tert-OH is 1. The molecule has 21 heavy (non-hydrogen) atoms. The highest BCUT2D eigenvalue weighted by atomic mass is 16.5. The predicted molar refractivity (Wildman–Crippen MR) is 83.5 cm³/mol. The molecule has 1 unspecified atom stereocenters. The zero-order valence-electron chi connectivity index (χ0n) is 11.9. The SMILES string of the molecule is CCC(O)c1ccccc1Oc1ccc2cccnc2c1. The molecule has 1 atom stereocenters. The number of benzene rings is 2. The second-order valence-electron chi connectivity index (χ2n) is 4.92. The van der Waals surface area contributed by atoms with Crippen molar-refractivity contribution in [2.45, 2.75) is 19.4 Å². The average Bonchev–Trinajstić information content (AvgIpc) is 2.54. The molecule has 0 aliphatic rings. The molecule has 2 aromatic carbocycles. The van der Waals surface area contributed by atoms with E-state index in [2.05, 4.69) is 4.98 Å². The van der Waals surface area contributed by atoms with E-state index in [1.54, 1.807) is 6.20 Å². The summed E-state index contributed by atoms with van der Waals surface area (Å²) in [7, 11) is 0. The number of nitrogens with zero attached hydrogens (tertiary/aromatic N) is 1. The summed E-state index contributed by atoms with van der Waals surface area (Å²) in [5.41, 5.74) is 1.70. The van der Waals surface area contributed by atoms with E-state index in [1.165, 1.54) is 0 Å². The van der Waals surface area contributed by atoms with Gasteiger partial charge in [0.05, 0.1) is 11.6 Å². The lowest BCUT2D eigenvalue weighted by Crippen LogP contribution is -1.98. The summed E-state index contributed by atoms with van der Waals surface area (Å²) in [4.78, 5) is 4.33. The summed E-state index contributed by atoms with van der Waals surface area (Å²) in [5.74, 6) is 1.40. The third kappa shape index (κ3) is 2.88. The van der Waals surface area contributed by atoms with Crippen LogP contribution in [-0.2, 0) is 0 Å². The number of aliphatic hydroxyl groups is 1. The van der Waals surface area contributed by atoms with Crippen molar-refractivity contribution in [3.63, 3.8) is 0 Å². The molecule has 1 N–H and O–H groups in total. The maximum absolute atomic E-state index is 10.1. The maximum Gasteiger partial charge on any atom is 0.133 e. The molecule has 1 aromatic heterocycles. The fourth-order valence-electron chi connectivity index (χ4n) is 2.31. The molecular formula is C18H17NO2. The van der Waals surface area contributed by atoms with Gasteiger partial charge in [-0.25, -0.2) is 0 Å². The Morgan fingerprint density at radius 1 is 1.10 bits per heavy atom. The van der Waals surface area contributed by atoms with Gasteiger partial charge < -0.3 is 9.84 Å². The molecule has 0 radical (unpaired) electrons. The van der Waals surface area contributed by atoms with Crippen molar-refractivity contribution in [3.8, 4) is 11.5 Å². The zero-order chi connectivity index (χ0) is 14.7. The highest BCUT2D eigenvalue weighted by molar-refractivity contribution is 5.79. The van der Waals surface area contributed by atoms with Gasteiger partial charge in [-0.3, -0.25) is 4.98 Å². The largest absolute Gasteiger partial charge is 0.457 e. The van der Waals surface area contributed by atoms with Gasteiger partial charge in [-0.15, -0.1) is 0 Å². The Labute approximate surface area is 123 Å². The van der Waals surface area contributed by atoms with Crippen LogP contribution in [0.15, 0.2) is 60.8 Å². The Hall–Kier alpha value is -2.39. The third-order valence-electron chi connectivity index (χ3n) is 3.47. The molecule has 0 aliphatic carbocycles. The van der Waals surface area contributed by atoms with E-state index in [0.29, 0.717) is 12.2 Å². The topological polar surface area (TPSA) is 42.4 Å². The van der Waals surface area contributed by atoms with Crippen LogP contribution in [0.2, 0.25) is 0 Å².